The van der Waals surface area contributed by atoms with E-state index in [-0.39, 0.29) is 18.3 Å². The largest absolute Gasteiger partial charge is 0.465 e. The summed E-state index contributed by atoms with van der Waals surface area (Å²) in [6, 6.07) is 14.8. The maximum atomic E-state index is 11.9. The summed E-state index contributed by atoms with van der Waals surface area (Å²) in [6.45, 7) is 0.140. The Morgan fingerprint density at radius 2 is 1.82 bits per heavy atom. The molecule has 0 fully saturated rings. The number of carbonyl (C=O) groups is 2. The van der Waals surface area contributed by atoms with Gasteiger partial charge in [0.05, 0.1) is 18.4 Å². The third-order valence-electron chi connectivity index (χ3n) is 3.10. The van der Waals surface area contributed by atoms with Crippen molar-refractivity contribution in [3.05, 3.63) is 59.7 Å². The minimum absolute atomic E-state index is 0.0335. The molecule has 0 aromatic heterocycles. The molecule has 0 atom stereocenters. The fourth-order valence-electron chi connectivity index (χ4n) is 2.04. The van der Waals surface area contributed by atoms with Gasteiger partial charge in [-0.15, -0.1) is 0 Å². The fourth-order valence-corrected chi connectivity index (χ4v) is 2.13. The third-order valence-corrected chi connectivity index (χ3v) is 3.36. The summed E-state index contributed by atoms with van der Waals surface area (Å²) in [7, 11) is 1.35. The van der Waals surface area contributed by atoms with E-state index in [2.05, 4.69) is 12.6 Å². The Labute approximate surface area is 134 Å². The van der Waals surface area contributed by atoms with Gasteiger partial charge in [0.2, 0.25) is 0 Å². The van der Waals surface area contributed by atoms with Crippen LogP contribution >= 0.6 is 12.6 Å². The molecule has 114 valence electrons. The van der Waals surface area contributed by atoms with Gasteiger partial charge in [0.1, 0.15) is 6.61 Å². The van der Waals surface area contributed by atoms with Crippen molar-refractivity contribution in [1.29, 1.82) is 0 Å². The zero-order valence-corrected chi connectivity index (χ0v) is 13.0. The van der Waals surface area contributed by atoms with Gasteiger partial charge in [-0.2, -0.15) is 12.6 Å². The first-order valence-electron chi connectivity index (χ1n) is 6.69. The van der Waals surface area contributed by atoms with Crippen LogP contribution < -0.4 is 0 Å². The molecule has 0 bridgehead atoms. The predicted octanol–water partition coefficient (Wildman–Crippen LogP) is 3.11. The van der Waals surface area contributed by atoms with Gasteiger partial charge >= 0.3 is 11.9 Å². The zero-order valence-electron chi connectivity index (χ0n) is 12.1. The maximum absolute atomic E-state index is 11.9. The molecule has 2 aromatic carbocycles. The molecule has 4 nitrogen and oxygen atoms in total. The molecule has 0 aliphatic rings. The third kappa shape index (κ3) is 3.89. The molecule has 0 saturated heterocycles. The molecule has 0 amide bonds. The lowest BCUT2D eigenvalue weighted by Gasteiger charge is -2.11. The summed E-state index contributed by atoms with van der Waals surface area (Å²) in [4.78, 5) is 23.1. The Morgan fingerprint density at radius 3 is 2.45 bits per heavy atom. The van der Waals surface area contributed by atoms with Crippen LogP contribution in [-0.2, 0) is 20.9 Å². The minimum atomic E-state index is -0.405. The SMILES string of the molecule is COC(=O)c1ccc(COC(=O)CS)cc1-c1ccccc1. The first-order chi connectivity index (χ1) is 10.7. The van der Waals surface area contributed by atoms with Crippen LogP contribution in [0.5, 0.6) is 0 Å². The van der Waals surface area contributed by atoms with Crippen LogP contribution in [-0.4, -0.2) is 24.8 Å². The number of rotatable bonds is 5. The molecule has 0 aliphatic carbocycles. The molecule has 2 aromatic rings. The van der Waals surface area contributed by atoms with Crippen LogP contribution in [0.25, 0.3) is 11.1 Å². The Bertz CT molecular complexity index is 668. The Kier molecular flexibility index (Phi) is 5.61. The number of methoxy groups -OCH3 is 1. The van der Waals surface area contributed by atoms with E-state index in [1.54, 1.807) is 12.1 Å². The first-order valence-corrected chi connectivity index (χ1v) is 7.32. The lowest BCUT2D eigenvalue weighted by molar-refractivity contribution is -0.141. The number of benzene rings is 2. The van der Waals surface area contributed by atoms with E-state index in [0.29, 0.717) is 5.56 Å². The van der Waals surface area contributed by atoms with Crippen molar-refractivity contribution < 1.29 is 19.1 Å². The first kappa shape index (κ1) is 16.1. The molecular formula is C17H16O4S. The smallest absolute Gasteiger partial charge is 0.338 e. The number of esters is 2. The van der Waals surface area contributed by atoms with Crippen molar-refractivity contribution in [2.75, 3.05) is 12.9 Å². The molecular weight excluding hydrogens is 300 g/mol. The summed E-state index contributed by atoms with van der Waals surface area (Å²) in [6.07, 6.45) is 0. The summed E-state index contributed by atoms with van der Waals surface area (Å²) >= 11 is 3.86. The molecule has 0 aliphatic heterocycles. The predicted molar refractivity (Wildman–Crippen MR) is 86.9 cm³/mol. The molecule has 0 saturated carbocycles. The average Bonchev–Trinajstić information content (AvgIpc) is 2.59. The lowest BCUT2D eigenvalue weighted by atomic mass is 9.97. The molecule has 0 heterocycles. The monoisotopic (exact) mass is 316 g/mol. The minimum Gasteiger partial charge on any atom is -0.465 e. The van der Waals surface area contributed by atoms with Gasteiger partial charge < -0.3 is 9.47 Å². The second-order valence-electron chi connectivity index (χ2n) is 4.56. The molecule has 2 rings (SSSR count). The highest BCUT2D eigenvalue weighted by Crippen LogP contribution is 2.26. The second kappa shape index (κ2) is 7.66. The van der Waals surface area contributed by atoms with E-state index in [0.717, 1.165) is 16.7 Å². The van der Waals surface area contributed by atoms with Gasteiger partial charge in [0, 0.05) is 0 Å². The van der Waals surface area contributed by atoms with Gasteiger partial charge in [-0.25, -0.2) is 4.79 Å². The normalized spacial score (nSPS) is 10.1. The average molecular weight is 316 g/mol. The van der Waals surface area contributed by atoms with Crippen LogP contribution in [0.15, 0.2) is 48.5 Å². The van der Waals surface area contributed by atoms with Crippen LogP contribution in [0.2, 0.25) is 0 Å². The molecule has 22 heavy (non-hydrogen) atoms. The summed E-state index contributed by atoms with van der Waals surface area (Å²) in [5.41, 5.74) is 2.90. The molecule has 0 N–H and O–H groups in total. The number of ether oxygens (including phenoxy) is 2. The van der Waals surface area contributed by atoms with Gasteiger partial charge in [-0.1, -0.05) is 36.4 Å². The Hall–Kier alpha value is -2.27. The van der Waals surface area contributed by atoms with E-state index in [4.69, 9.17) is 9.47 Å². The fraction of sp³-hybridized carbons (Fsp3) is 0.176. The zero-order chi connectivity index (χ0) is 15.9. The highest BCUT2D eigenvalue weighted by Gasteiger charge is 2.14. The van der Waals surface area contributed by atoms with Crippen molar-refractivity contribution in [2.24, 2.45) is 0 Å². The van der Waals surface area contributed by atoms with Gasteiger partial charge in [0.25, 0.3) is 0 Å². The molecule has 0 radical (unpaired) electrons. The maximum Gasteiger partial charge on any atom is 0.338 e. The van der Waals surface area contributed by atoms with Crippen molar-refractivity contribution in [3.63, 3.8) is 0 Å². The van der Waals surface area contributed by atoms with Crippen LogP contribution in [0.1, 0.15) is 15.9 Å². The van der Waals surface area contributed by atoms with Crippen LogP contribution in [0.3, 0.4) is 0 Å². The van der Waals surface area contributed by atoms with Crippen molar-refractivity contribution in [2.45, 2.75) is 6.61 Å². The lowest BCUT2D eigenvalue weighted by Crippen LogP contribution is -2.07. The van der Waals surface area contributed by atoms with E-state index in [1.807, 2.05) is 36.4 Å². The van der Waals surface area contributed by atoms with E-state index in [1.165, 1.54) is 7.11 Å². The number of hydrogen-bond donors (Lipinski definition) is 1. The second-order valence-corrected chi connectivity index (χ2v) is 4.87. The quantitative estimate of drug-likeness (QED) is 0.680. The van der Waals surface area contributed by atoms with E-state index >= 15 is 0 Å². The van der Waals surface area contributed by atoms with Crippen molar-refractivity contribution >= 4 is 24.6 Å². The summed E-state index contributed by atoms with van der Waals surface area (Å²) < 4.78 is 9.88. The molecule has 0 unspecified atom stereocenters. The number of carbonyl (C=O) groups excluding carboxylic acids is 2. The van der Waals surface area contributed by atoms with Crippen molar-refractivity contribution in [1.82, 2.24) is 0 Å². The van der Waals surface area contributed by atoms with Gasteiger partial charge in [-0.3, -0.25) is 4.79 Å². The van der Waals surface area contributed by atoms with Crippen molar-refractivity contribution in [3.8, 4) is 11.1 Å². The van der Waals surface area contributed by atoms with Gasteiger partial charge in [0.15, 0.2) is 0 Å². The highest BCUT2D eigenvalue weighted by molar-refractivity contribution is 7.81. The van der Waals surface area contributed by atoms with Gasteiger partial charge in [-0.05, 0) is 28.8 Å². The number of thiol groups is 1. The standard InChI is InChI=1S/C17H16O4S/c1-20-17(19)14-8-7-12(10-21-16(18)11-22)9-15(14)13-5-3-2-4-6-13/h2-9,22H,10-11H2,1H3. The number of hydrogen-bond acceptors (Lipinski definition) is 5. The summed E-state index contributed by atoms with van der Waals surface area (Å²) in [5, 5.41) is 0. The van der Waals surface area contributed by atoms with E-state index in [9.17, 15) is 9.59 Å². The molecule has 5 heteroatoms. The Morgan fingerprint density at radius 1 is 1.09 bits per heavy atom. The van der Waals surface area contributed by atoms with Crippen LogP contribution in [0, 0.1) is 0 Å². The Balaban J connectivity index is 2.37. The summed E-state index contributed by atoms with van der Waals surface area (Å²) in [5.74, 6) is -0.759. The van der Waals surface area contributed by atoms with Crippen LogP contribution in [0.4, 0.5) is 0 Å². The topological polar surface area (TPSA) is 52.6 Å². The highest BCUT2D eigenvalue weighted by atomic mass is 32.1. The molecule has 0 spiro atoms. The van der Waals surface area contributed by atoms with E-state index < -0.39 is 5.97 Å².